The lowest BCUT2D eigenvalue weighted by molar-refractivity contribution is 1.19. The third-order valence-electron chi connectivity index (χ3n) is 2.49. The zero-order valence-electron chi connectivity index (χ0n) is 7.80. The molecule has 0 aromatic heterocycles. The molecule has 1 fully saturated rings. The third kappa shape index (κ3) is 1.98. The van der Waals surface area contributed by atoms with Gasteiger partial charge in [-0.2, -0.15) is 0 Å². The molecule has 1 aliphatic rings. The standard InChI is InChI=1S/C7H15N3Si3/c1-13(9-11-8-12-10-13)7-5-3-2-4-6-7/h2-6,8-10H,11-12H2,1H3. The van der Waals surface area contributed by atoms with E-state index in [4.69, 9.17) is 0 Å². The first-order chi connectivity index (χ1) is 6.31. The molecule has 1 aromatic carbocycles. The minimum absolute atomic E-state index is 0.179. The van der Waals surface area contributed by atoms with E-state index in [0.717, 1.165) is 0 Å². The van der Waals surface area contributed by atoms with Gasteiger partial charge in [0, 0.05) is 0 Å². The predicted molar refractivity (Wildman–Crippen MR) is 64.2 cm³/mol. The maximum atomic E-state index is 3.70. The Morgan fingerprint density at radius 1 is 1.08 bits per heavy atom. The van der Waals surface area contributed by atoms with Gasteiger partial charge in [0.25, 0.3) is 0 Å². The number of rotatable bonds is 1. The molecule has 0 spiro atoms. The van der Waals surface area contributed by atoms with Gasteiger partial charge in [-0.3, -0.25) is 0 Å². The number of benzene rings is 1. The van der Waals surface area contributed by atoms with Crippen molar-refractivity contribution in [3.05, 3.63) is 30.3 Å². The van der Waals surface area contributed by atoms with E-state index in [1.54, 1.807) is 0 Å². The first-order valence-electron chi connectivity index (χ1n) is 4.57. The van der Waals surface area contributed by atoms with E-state index >= 15 is 0 Å². The Hall–Kier alpha value is -0.249. The van der Waals surface area contributed by atoms with Gasteiger partial charge in [-0.1, -0.05) is 30.3 Å². The van der Waals surface area contributed by atoms with Crippen molar-refractivity contribution in [1.82, 2.24) is 13.9 Å². The lowest BCUT2D eigenvalue weighted by Gasteiger charge is -2.34. The summed E-state index contributed by atoms with van der Waals surface area (Å²) in [5.74, 6) is 0. The summed E-state index contributed by atoms with van der Waals surface area (Å²) in [6.07, 6.45) is 0. The van der Waals surface area contributed by atoms with Gasteiger partial charge in [-0.25, -0.2) is 0 Å². The fraction of sp³-hybridized carbons (Fsp3) is 0.143. The lowest BCUT2D eigenvalue weighted by atomic mass is 10.4. The molecule has 0 amide bonds. The highest BCUT2D eigenvalue weighted by atomic mass is 28.4. The van der Waals surface area contributed by atoms with Gasteiger partial charge in [0.05, 0.1) is 0 Å². The molecule has 3 nitrogen and oxygen atoms in total. The Balaban J connectivity index is 2.23. The Morgan fingerprint density at radius 3 is 2.31 bits per heavy atom. The zero-order chi connectivity index (χ0) is 9.15. The molecule has 1 aliphatic heterocycles. The quantitative estimate of drug-likeness (QED) is 0.473. The minimum Gasteiger partial charge on any atom is -0.346 e. The highest BCUT2D eigenvalue weighted by Gasteiger charge is 2.30. The molecule has 2 rings (SSSR count). The van der Waals surface area contributed by atoms with Crippen LogP contribution in [0.5, 0.6) is 0 Å². The maximum Gasteiger partial charge on any atom is 0.219 e. The Kier molecular flexibility index (Phi) is 2.77. The van der Waals surface area contributed by atoms with E-state index in [9.17, 15) is 0 Å². The summed E-state index contributed by atoms with van der Waals surface area (Å²) in [4.78, 5) is 0. The molecule has 1 aromatic rings. The SMILES string of the molecule is C[Si]1(c2ccccc2)N[SiH2]N[SiH2]N1. The average Bonchev–Trinajstić information content (AvgIpc) is 2.20. The molecule has 0 aliphatic carbocycles. The van der Waals surface area contributed by atoms with E-state index < -0.39 is 8.40 Å². The highest BCUT2D eigenvalue weighted by Crippen LogP contribution is 1.95. The summed E-state index contributed by atoms with van der Waals surface area (Å²) in [5, 5.41) is 1.48. The van der Waals surface area contributed by atoms with Crippen molar-refractivity contribution in [2.24, 2.45) is 0 Å². The number of hydrogen-bond acceptors (Lipinski definition) is 3. The van der Waals surface area contributed by atoms with Gasteiger partial charge < -0.3 is 13.9 Å². The molecule has 13 heavy (non-hydrogen) atoms. The van der Waals surface area contributed by atoms with Crippen molar-refractivity contribution in [2.75, 3.05) is 0 Å². The number of nitrogens with one attached hydrogen (secondary N) is 3. The molecule has 0 unspecified atom stereocenters. The van der Waals surface area contributed by atoms with Crippen LogP contribution in [0.4, 0.5) is 0 Å². The van der Waals surface area contributed by atoms with Crippen molar-refractivity contribution in [3.63, 3.8) is 0 Å². The van der Waals surface area contributed by atoms with E-state index in [2.05, 4.69) is 50.8 Å². The van der Waals surface area contributed by atoms with Crippen molar-refractivity contribution in [1.29, 1.82) is 0 Å². The molecule has 3 N–H and O–H groups in total. The molecule has 0 radical (unpaired) electrons. The zero-order valence-corrected chi connectivity index (χ0v) is 11.6. The summed E-state index contributed by atoms with van der Waals surface area (Å²) < 4.78 is 10.9. The van der Waals surface area contributed by atoms with Gasteiger partial charge in [0.1, 0.15) is 0 Å². The fourth-order valence-electron chi connectivity index (χ4n) is 1.58. The fourth-order valence-corrected chi connectivity index (χ4v) is 12.3. The van der Waals surface area contributed by atoms with Gasteiger partial charge in [-0.05, 0) is 11.7 Å². The third-order valence-corrected chi connectivity index (χ3v) is 13.0. The Morgan fingerprint density at radius 2 is 1.69 bits per heavy atom. The molecule has 1 saturated heterocycles. The monoisotopic (exact) mass is 225 g/mol. The van der Waals surface area contributed by atoms with Crippen LogP contribution in [0, 0.1) is 0 Å². The van der Waals surface area contributed by atoms with Crippen LogP contribution in [0.25, 0.3) is 0 Å². The molecular weight excluding hydrogens is 210 g/mol. The largest absolute Gasteiger partial charge is 0.346 e. The minimum atomic E-state index is -1.45. The molecule has 0 saturated carbocycles. The van der Waals surface area contributed by atoms with Crippen LogP contribution in [0.2, 0.25) is 6.55 Å². The van der Waals surface area contributed by atoms with Crippen molar-refractivity contribution >= 4 is 33.3 Å². The van der Waals surface area contributed by atoms with Crippen LogP contribution in [-0.2, 0) is 0 Å². The Labute approximate surface area is 84.4 Å². The lowest BCUT2D eigenvalue weighted by Crippen LogP contribution is -2.77. The molecule has 0 bridgehead atoms. The topological polar surface area (TPSA) is 36.1 Å². The van der Waals surface area contributed by atoms with Gasteiger partial charge >= 0.3 is 0 Å². The van der Waals surface area contributed by atoms with Gasteiger partial charge in [-0.15, -0.1) is 0 Å². The summed E-state index contributed by atoms with van der Waals surface area (Å²) in [5.41, 5.74) is 0. The molecule has 70 valence electrons. The average molecular weight is 225 g/mol. The van der Waals surface area contributed by atoms with E-state index in [-0.39, 0.29) is 19.7 Å². The second-order valence-electron chi connectivity index (χ2n) is 3.45. The van der Waals surface area contributed by atoms with E-state index in [1.165, 1.54) is 5.19 Å². The second-order valence-corrected chi connectivity index (χ2v) is 11.8. The first kappa shape index (κ1) is 9.31. The first-order valence-corrected chi connectivity index (χ1v) is 9.90. The normalized spacial score (nSPS) is 32.4. The molecule has 6 heteroatoms. The van der Waals surface area contributed by atoms with Crippen molar-refractivity contribution in [2.45, 2.75) is 6.55 Å². The van der Waals surface area contributed by atoms with Crippen molar-refractivity contribution in [3.8, 4) is 0 Å². The smallest absolute Gasteiger partial charge is 0.219 e. The van der Waals surface area contributed by atoms with Gasteiger partial charge in [0.15, 0.2) is 19.7 Å². The molecule has 0 atom stereocenters. The molecular formula is C7H15N3Si3. The highest BCUT2D eigenvalue weighted by molar-refractivity contribution is 6.96. The van der Waals surface area contributed by atoms with Crippen LogP contribution in [0.3, 0.4) is 0 Å². The van der Waals surface area contributed by atoms with E-state index in [0.29, 0.717) is 0 Å². The Bertz CT molecular complexity index is 274. The van der Waals surface area contributed by atoms with E-state index in [1.807, 2.05) is 0 Å². The van der Waals surface area contributed by atoms with Crippen LogP contribution >= 0.6 is 0 Å². The maximum absolute atomic E-state index is 3.70. The summed E-state index contributed by atoms with van der Waals surface area (Å²) >= 11 is 0. The summed E-state index contributed by atoms with van der Waals surface area (Å²) in [6, 6.07) is 10.8. The van der Waals surface area contributed by atoms with Crippen LogP contribution in [0.1, 0.15) is 0 Å². The second kappa shape index (κ2) is 3.86. The summed E-state index contributed by atoms with van der Waals surface area (Å²) in [6.45, 7) is 2.36. The van der Waals surface area contributed by atoms with Crippen LogP contribution in [0.15, 0.2) is 30.3 Å². The predicted octanol–water partition coefficient (Wildman–Crippen LogP) is -2.25. The number of hydrogen-bond donors (Lipinski definition) is 3. The summed E-state index contributed by atoms with van der Waals surface area (Å²) in [7, 11) is -1.81. The van der Waals surface area contributed by atoms with Gasteiger partial charge in [0.2, 0.25) is 8.40 Å². The molecule has 1 heterocycles. The van der Waals surface area contributed by atoms with Crippen molar-refractivity contribution < 1.29 is 0 Å². The van der Waals surface area contributed by atoms with Crippen LogP contribution < -0.4 is 19.1 Å². The van der Waals surface area contributed by atoms with Crippen LogP contribution in [-0.4, -0.2) is 28.1 Å².